The van der Waals surface area contributed by atoms with Gasteiger partial charge in [0.2, 0.25) is 0 Å². The predicted molar refractivity (Wildman–Crippen MR) is 68.6 cm³/mol. The van der Waals surface area contributed by atoms with Crippen molar-refractivity contribution in [3.05, 3.63) is 29.5 Å². The van der Waals surface area contributed by atoms with Gasteiger partial charge in [-0.05, 0) is 30.2 Å². The van der Waals surface area contributed by atoms with Gasteiger partial charge in [0.05, 0.1) is 11.7 Å². The van der Waals surface area contributed by atoms with Crippen molar-refractivity contribution in [1.29, 1.82) is 0 Å². The summed E-state index contributed by atoms with van der Waals surface area (Å²) >= 11 is 0. The molecule has 17 heavy (non-hydrogen) atoms. The number of hydrogen-bond donors (Lipinski definition) is 2. The molecule has 1 aromatic heterocycles. The molecule has 0 radical (unpaired) electrons. The van der Waals surface area contributed by atoms with Gasteiger partial charge in [0.15, 0.2) is 0 Å². The molecule has 1 aliphatic rings. The molecule has 2 aromatic rings. The maximum Gasteiger partial charge on any atom is 0.121 e. The predicted octanol–water partition coefficient (Wildman–Crippen LogP) is 2.32. The SMILES string of the molecule is Cc1cc2cn[nH]c2cc1[C@@H]1CNC[C@@H]1F.Cl. The Morgan fingerprint density at radius 3 is 2.88 bits per heavy atom. The molecule has 1 aromatic carbocycles. The first-order valence-corrected chi connectivity index (χ1v) is 5.54. The van der Waals surface area contributed by atoms with Gasteiger partial charge in [0.1, 0.15) is 6.17 Å². The molecule has 2 N–H and O–H groups in total. The first-order chi connectivity index (χ1) is 7.75. The molecule has 0 saturated carbocycles. The number of H-pyrrole nitrogens is 1. The number of fused-ring (bicyclic) bond motifs is 1. The second kappa shape index (κ2) is 4.63. The van der Waals surface area contributed by atoms with Gasteiger partial charge in [0, 0.05) is 24.4 Å². The summed E-state index contributed by atoms with van der Waals surface area (Å²) < 4.78 is 13.7. The number of nitrogens with zero attached hydrogens (tertiary/aromatic N) is 1. The number of halogens is 2. The van der Waals surface area contributed by atoms with E-state index in [4.69, 9.17) is 0 Å². The number of aryl methyl sites for hydroxylation is 1. The number of alkyl halides is 1. The smallest absolute Gasteiger partial charge is 0.121 e. The van der Waals surface area contributed by atoms with Gasteiger partial charge >= 0.3 is 0 Å². The average Bonchev–Trinajstić information content (AvgIpc) is 2.85. The lowest BCUT2D eigenvalue weighted by atomic mass is 9.92. The fourth-order valence-electron chi connectivity index (χ4n) is 2.47. The topological polar surface area (TPSA) is 40.7 Å². The van der Waals surface area contributed by atoms with Crippen molar-refractivity contribution in [1.82, 2.24) is 15.5 Å². The number of nitrogens with one attached hydrogen (secondary N) is 2. The third-order valence-electron chi connectivity index (χ3n) is 3.37. The van der Waals surface area contributed by atoms with Crippen LogP contribution in [-0.4, -0.2) is 29.5 Å². The van der Waals surface area contributed by atoms with Crippen LogP contribution in [-0.2, 0) is 0 Å². The summed E-state index contributed by atoms with van der Waals surface area (Å²) in [5.74, 6) is -0.0206. The second-order valence-corrected chi connectivity index (χ2v) is 4.45. The largest absolute Gasteiger partial charge is 0.313 e. The van der Waals surface area contributed by atoms with Crippen LogP contribution in [0.3, 0.4) is 0 Å². The average molecular weight is 256 g/mol. The van der Waals surface area contributed by atoms with Crippen LogP contribution in [0.25, 0.3) is 10.9 Å². The Balaban J connectivity index is 0.00000108. The zero-order chi connectivity index (χ0) is 11.1. The summed E-state index contributed by atoms with van der Waals surface area (Å²) in [5.41, 5.74) is 3.22. The number of aromatic nitrogens is 2. The van der Waals surface area contributed by atoms with Crippen LogP contribution in [0.2, 0.25) is 0 Å². The zero-order valence-corrected chi connectivity index (χ0v) is 10.4. The summed E-state index contributed by atoms with van der Waals surface area (Å²) in [7, 11) is 0. The molecule has 2 heterocycles. The third-order valence-corrected chi connectivity index (χ3v) is 3.37. The van der Waals surface area contributed by atoms with Gasteiger partial charge in [-0.1, -0.05) is 0 Å². The van der Waals surface area contributed by atoms with E-state index in [2.05, 4.69) is 21.6 Å². The molecule has 1 saturated heterocycles. The van der Waals surface area contributed by atoms with Gasteiger partial charge in [-0.15, -0.1) is 12.4 Å². The van der Waals surface area contributed by atoms with Crippen molar-refractivity contribution in [3.63, 3.8) is 0 Å². The fourth-order valence-corrected chi connectivity index (χ4v) is 2.47. The minimum Gasteiger partial charge on any atom is -0.313 e. The summed E-state index contributed by atoms with van der Waals surface area (Å²) in [6, 6.07) is 4.10. The normalized spacial score (nSPS) is 23.9. The van der Waals surface area contributed by atoms with Crippen LogP contribution >= 0.6 is 12.4 Å². The molecule has 1 aliphatic heterocycles. The summed E-state index contributed by atoms with van der Waals surface area (Å²) in [6.07, 6.45) is 1.02. The molecular weight excluding hydrogens is 241 g/mol. The highest BCUT2D eigenvalue weighted by Crippen LogP contribution is 2.30. The monoisotopic (exact) mass is 255 g/mol. The zero-order valence-electron chi connectivity index (χ0n) is 9.53. The van der Waals surface area contributed by atoms with E-state index in [0.29, 0.717) is 6.54 Å². The number of aromatic amines is 1. The van der Waals surface area contributed by atoms with Gasteiger partial charge in [-0.25, -0.2) is 4.39 Å². The quantitative estimate of drug-likeness (QED) is 0.821. The van der Waals surface area contributed by atoms with Crippen LogP contribution in [0.4, 0.5) is 4.39 Å². The Labute approximate surface area is 105 Å². The van der Waals surface area contributed by atoms with Crippen LogP contribution in [0.15, 0.2) is 18.3 Å². The van der Waals surface area contributed by atoms with E-state index in [1.165, 1.54) is 0 Å². The Kier molecular flexibility index (Phi) is 3.35. The molecule has 92 valence electrons. The lowest BCUT2D eigenvalue weighted by Gasteiger charge is -2.15. The van der Waals surface area contributed by atoms with Gasteiger partial charge in [0.25, 0.3) is 0 Å². The fraction of sp³-hybridized carbons (Fsp3) is 0.417. The van der Waals surface area contributed by atoms with E-state index in [1.807, 2.05) is 13.0 Å². The van der Waals surface area contributed by atoms with E-state index in [-0.39, 0.29) is 18.3 Å². The maximum atomic E-state index is 13.7. The molecule has 3 nitrogen and oxygen atoms in total. The number of benzene rings is 1. The standard InChI is InChI=1S/C12H14FN3.ClH/c1-7-2-8-4-15-16-12(8)3-9(7)10-5-14-6-11(10)13;/h2-4,10-11,14H,5-6H2,1H3,(H,15,16);1H/t10-,11-;/m0./s1. The van der Waals surface area contributed by atoms with Crippen LogP contribution < -0.4 is 5.32 Å². The van der Waals surface area contributed by atoms with Crippen molar-refractivity contribution in [2.75, 3.05) is 13.1 Å². The summed E-state index contributed by atoms with van der Waals surface area (Å²) in [4.78, 5) is 0. The van der Waals surface area contributed by atoms with Gasteiger partial charge < -0.3 is 5.32 Å². The molecule has 0 spiro atoms. The van der Waals surface area contributed by atoms with Crippen molar-refractivity contribution in [2.45, 2.75) is 19.0 Å². The van der Waals surface area contributed by atoms with E-state index in [1.54, 1.807) is 6.20 Å². The van der Waals surface area contributed by atoms with E-state index in [9.17, 15) is 4.39 Å². The van der Waals surface area contributed by atoms with Crippen molar-refractivity contribution in [2.24, 2.45) is 0 Å². The summed E-state index contributed by atoms with van der Waals surface area (Å²) in [6.45, 7) is 3.22. The van der Waals surface area contributed by atoms with E-state index >= 15 is 0 Å². The minimum atomic E-state index is -0.779. The molecule has 0 aliphatic carbocycles. The molecule has 2 atom stereocenters. The minimum absolute atomic E-state index is 0. The molecule has 1 fully saturated rings. The molecule has 5 heteroatoms. The molecule has 0 bridgehead atoms. The lowest BCUT2D eigenvalue weighted by molar-refractivity contribution is 0.331. The van der Waals surface area contributed by atoms with Crippen molar-refractivity contribution >= 4 is 23.3 Å². The van der Waals surface area contributed by atoms with Crippen molar-refractivity contribution < 1.29 is 4.39 Å². The Bertz CT molecular complexity index is 525. The molecule has 3 rings (SSSR count). The highest BCUT2D eigenvalue weighted by atomic mass is 35.5. The first kappa shape index (κ1) is 12.3. The molecule has 0 unspecified atom stereocenters. The van der Waals surface area contributed by atoms with Crippen LogP contribution in [0, 0.1) is 6.92 Å². The highest BCUT2D eigenvalue weighted by Gasteiger charge is 2.29. The third kappa shape index (κ3) is 2.03. The number of hydrogen-bond acceptors (Lipinski definition) is 2. The van der Waals surface area contributed by atoms with E-state index < -0.39 is 6.17 Å². The molecular formula is C12H15ClFN3. The summed E-state index contributed by atoms with van der Waals surface area (Å²) in [5, 5.41) is 11.1. The Morgan fingerprint density at radius 1 is 1.35 bits per heavy atom. The van der Waals surface area contributed by atoms with Crippen LogP contribution in [0.5, 0.6) is 0 Å². The van der Waals surface area contributed by atoms with Gasteiger partial charge in [-0.2, -0.15) is 5.10 Å². The van der Waals surface area contributed by atoms with Gasteiger partial charge in [-0.3, -0.25) is 5.10 Å². The highest BCUT2D eigenvalue weighted by molar-refractivity contribution is 5.85. The lowest BCUT2D eigenvalue weighted by Crippen LogP contribution is -2.12. The van der Waals surface area contributed by atoms with Crippen LogP contribution in [0.1, 0.15) is 17.0 Å². The number of rotatable bonds is 1. The van der Waals surface area contributed by atoms with Crippen molar-refractivity contribution in [3.8, 4) is 0 Å². The van der Waals surface area contributed by atoms with E-state index in [0.717, 1.165) is 28.6 Å². The maximum absolute atomic E-state index is 13.7. The second-order valence-electron chi connectivity index (χ2n) is 4.45. The first-order valence-electron chi connectivity index (χ1n) is 5.54. The molecule has 0 amide bonds. The Morgan fingerprint density at radius 2 is 2.18 bits per heavy atom. The Hall–Kier alpha value is -1.13.